The number of carbonyl (C=O) groups is 3. The van der Waals surface area contributed by atoms with E-state index in [-0.39, 0.29) is 29.7 Å². The topological polar surface area (TPSA) is 115 Å². The third-order valence-corrected chi connectivity index (χ3v) is 5.74. The molecule has 0 aliphatic heterocycles. The van der Waals surface area contributed by atoms with Gasteiger partial charge in [-0.2, -0.15) is 0 Å². The molecule has 0 fully saturated rings. The molecule has 3 rings (SSSR count). The summed E-state index contributed by atoms with van der Waals surface area (Å²) < 4.78 is 6.50. The number of nitrogens with zero attached hydrogens (tertiary/aromatic N) is 3. The van der Waals surface area contributed by atoms with Gasteiger partial charge in [0.25, 0.3) is 5.91 Å². The van der Waals surface area contributed by atoms with Crippen LogP contribution in [-0.2, 0) is 22.6 Å². The zero-order valence-corrected chi connectivity index (χ0v) is 19.9. The van der Waals surface area contributed by atoms with E-state index in [1.54, 1.807) is 59.2 Å². The van der Waals surface area contributed by atoms with E-state index in [9.17, 15) is 14.4 Å². The van der Waals surface area contributed by atoms with Gasteiger partial charge in [0.05, 0.1) is 30.7 Å². The molecule has 3 aromatic rings. The molecule has 9 nitrogen and oxygen atoms in total. The van der Waals surface area contributed by atoms with Gasteiger partial charge in [0.1, 0.15) is 0 Å². The number of rotatable bonds is 10. The molecule has 2 aromatic carbocycles. The van der Waals surface area contributed by atoms with Crippen molar-refractivity contribution in [2.45, 2.75) is 18.2 Å². The van der Waals surface area contributed by atoms with Gasteiger partial charge < -0.3 is 19.9 Å². The van der Waals surface area contributed by atoms with Crippen LogP contribution in [0.1, 0.15) is 26.5 Å². The smallest absolute Gasteiger partial charge is 0.339 e. The Morgan fingerprint density at radius 3 is 2.71 bits per heavy atom. The van der Waals surface area contributed by atoms with Gasteiger partial charge in [-0.1, -0.05) is 47.6 Å². The van der Waals surface area contributed by atoms with Gasteiger partial charge in [-0.15, -0.1) is 16.8 Å². The standard InChI is InChI=1S/C23H22ClN5O4S/c1-3-11-29-19(13-25-21(31)15-7-6-8-16(24)12-15)27-28-23(29)34-14-20(30)26-18-10-5-4-9-17(18)22(32)33-2/h3-10,12H,1,11,13-14H2,2H3,(H,25,31)(H,26,30). The molecule has 1 heterocycles. The van der Waals surface area contributed by atoms with Crippen LogP contribution in [-0.4, -0.2) is 45.4 Å². The van der Waals surface area contributed by atoms with Gasteiger partial charge >= 0.3 is 5.97 Å². The number of hydrogen-bond acceptors (Lipinski definition) is 7. The summed E-state index contributed by atoms with van der Waals surface area (Å²) >= 11 is 7.11. The minimum absolute atomic E-state index is 0.0274. The van der Waals surface area contributed by atoms with Crippen molar-refractivity contribution in [3.05, 3.63) is 83.2 Å². The number of aromatic nitrogens is 3. The molecule has 0 bridgehead atoms. The Bertz CT molecular complexity index is 1210. The van der Waals surface area contributed by atoms with Gasteiger partial charge in [-0.25, -0.2) is 4.79 Å². The molecule has 34 heavy (non-hydrogen) atoms. The van der Waals surface area contributed by atoms with Gasteiger partial charge in [-0.3, -0.25) is 9.59 Å². The van der Waals surface area contributed by atoms with Gasteiger partial charge in [-0.05, 0) is 30.3 Å². The van der Waals surface area contributed by atoms with E-state index in [2.05, 4.69) is 27.4 Å². The molecule has 1 aromatic heterocycles. The largest absolute Gasteiger partial charge is 0.465 e. The number of anilines is 1. The number of hydrogen-bond donors (Lipinski definition) is 2. The molecular formula is C23H22ClN5O4S. The van der Waals surface area contributed by atoms with Crippen molar-refractivity contribution in [3.8, 4) is 0 Å². The van der Waals surface area contributed by atoms with Crippen molar-refractivity contribution >= 4 is 46.8 Å². The van der Waals surface area contributed by atoms with Gasteiger partial charge in [0, 0.05) is 17.1 Å². The summed E-state index contributed by atoms with van der Waals surface area (Å²) in [4.78, 5) is 36.8. The van der Waals surface area contributed by atoms with Crippen molar-refractivity contribution in [1.29, 1.82) is 0 Å². The van der Waals surface area contributed by atoms with Crippen LogP contribution in [0.2, 0.25) is 5.02 Å². The van der Waals surface area contributed by atoms with Crippen LogP contribution in [0.4, 0.5) is 5.69 Å². The highest BCUT2D eigenvalue weighted by Gasteiger charge is 2.17. The third-order valence-electron chi connectivity index (χ3n) is 4.54. The van der Waals surface area contributed by atoms with Crippen LogP contribution in [0.25, 0.3) is 0 Å². The Morgan fingerprint density at radius 1 is 1.18 bits per heavy atom. The van der Waals surface area contributed by atoms with Crippen molar-refractivity contribution in [1.82, 2.24) is 20.1 Å². The monoisotopic (exact) mass is 499 g/mol. The van der Waals surface area contributed by atoms with Crippen LogP contribution in [0.15, 0.2) is 66.3 Å². The number of thioether (sulfide) groups is 1. The molecule has 2 N–H and O–H groups in total. The second kappa shape index (κ2) is 12.0. The summed E-state index contributed by atoms with van der Waals surface area (Å²) in [5.41, 5.74) is 1.05. The van der Waals surface area contributed by atoms with Crippen LogP contribution in [0.3, 0.4) is 0 Å². The van der Waals surface area contributed by atoms with Gasteiger partial charge in [0.15, 0.2) is 11.0 Å². The molecule has 0 unspecified atom stereocenters. The number of para-hydroxylation sites is 1. The van der Waals surface area contributed by atoms with E-state index < -0.39 is 5.97 Å². The minimum atomic E-state index is -0.543. The normalized spacial score (nSPS) is 10.4. The summed E-state index contributed by atoms with van der Waals surface area (Å²) in [6.07, 6.45) is 1.67. The van der Waals surface area contributed by atoms with E-state index in [0.29, 0.717) is 33.8 Å². The predicted octanol–water partition coefficient (Wildman–Crippen LogP) is 3.56. The average molecular weight is 500 g/mol. The van der Waals surface area contributed by atoms with Crippen LogP contribution < -0.4 is 10.6 Å². The lowest BCUT2D eigenvalue weighted by molar-refractivity contribution is -0.113. The predicted molar refractivity (Wildman–Crippen MR) is 130 cm³/mol. The quantitative estimate of drug-likeness (QED) is 0.249. The molecule has 0 aliphatic rings. The van der Waals surface area contributed by atoms with Crippen LogP contribution in [0.5, 0.6) is 0 Å². The molecular weight excluding hydrogens is 478 g/mol. The lowest BCUT2D eigenvalue weighted by atomic mass is 10.2. The Kier molecular flexibility index (Phi) is 8.83. The Morgan fingerprint density at radius 2 is 1.97 bits per heavy atom. The molecule has 176 valence electrons. The van der Waals surface area contributed by atoms with Crippen molar-refractivity contribution in [2.75, 3.05) is 18.2 Å². The van der Waals surface area contributed by atoms with Gasteiger partial charge in [0.2, 0.25) is 5.91 Å². The van der Waals surface area contributed by atoms with Crippen LogP contribution in [0, 0.1) is 0 Å². The molecule has 0 radical (unpaired) electrons. The molecule has 0 spiro atoms. The number of methoxy groups -OCH3 is 1. The van der Waals surface area contributed by atoms with Crippen molar-refractivity contribution in [3.63, 3.8) is 0 Å². The second-order valence-electron chi connectivity index (χ2n) is 6.87. The summed E-state index contributed by atoms with van der Waals surface area (Å²) in [5, 5.41) is 14.7. The highest BCUT2D eigenvalue weighted by atomic mass is 35.5. The van der Waals surface area contributed by atoms with E-state index in [1.807, 2.05) is 0 Å². The summed E-state index contributed by atoms with van der Waals surface area (Å²) in [6, 6.07) is 13.2. The molecule has 0 aliphatic carbocycles. The van der Waals surface area contributed by atoms with Crippen molar-refractivity contribution < 1.29 is 19.1 Å². The molecule has 0 saturated heterocycles. The lowest BCUT2D eigenvalue weighted by Crippen LogP contribution is -2.25. The highest BCUT2D eigenvalue weighted by Crippen LogP contribution is 2.20. The number of ether oxygens (including phenoxy) is 1. The number of benzene rings is 2. The number of allylic oxidation sites excluding steroid dienone is 1. The highest BCUT2D eigenvalue weighted by molar-refractivity contribution is 7.99. The maximum atomic E-state index is 12.5. The Labute approximate surface area is 205 Å². The molecule has 0 atom stereocenters. The number of carbonyl (C=O) groups excluding carboxylic acids is 3. The molecule has 11 heteroatoms. The first-order valence-electron chi connectivity index (χ1n) is 10.1. The first-order valence-corrected chi connectivity index (χ1v) is 11.5. The fraction of sp³-hybridized carbons (Fsp3) is 0.174. The van der Waals surface area contributed by atoms with E-state index in [0.717, 1.165) is 0 Å². The number of nitrogens with one attached hydrogen (secondary N) is 2. The Balaban J connectivity index is 1.63. The van der Waals surface area contributed by atoms with E-state index in [1.165, 1.54) is 18.9 Å². The SMILES string of the molecule is C=CCn1c(CNC(=O)c2cccc(Cl)c2)nnc1SCC(=O)Nc1ccccc1C(=O)OC. The number of halogens is 1. The van der Waals surface area contributed by atoms with E-state index in [4.69, 9.17) is 16.3 Å². The lowest BCUT2D eigenvalue weighted by Gasteiger charge is -2.10. The fourth-order valence-electron chi connectivity index (χ4n) is 2.96. The first kappa shape index (κ1) is 25.0. The second-order valence-corrected chi connectivity index (χ2v) is 8.24. The number of amides is 2. The average Bonchev–Trinajstić information content (AvgIpc) is 3.22. The summed E-state index contributed by atoms with van der Waals surface area (Å²) in [5.74, 6) is -0.633. The van der Waals surface area contributed by atoms with Crippen LogP contribution >= 0.6 is 23.4 Å². The zero-order chi connectivity index (χ0) is 24.5. The number of esters is 1. The third kappa shape index (κ3) is 6.46. The molecule has 0 saturated carbocycles. The summed E-state index contributed by atoms with van der Waals surface area (Å²) in [7, 11) is 1.28. The first-order chi connectivity index (χ1) is 16.4. The Hall–Kier alpha value is -3.63. The van der Waals surface area contributed by atoms with Crippen molar-refractivity contribution in [2.24, 2.45) is 0 Å². The van der Waals surface area contributed by atoms with E-state index >= 15 is 0 Å². The fourth-order valence-corrected chi connectivity index (χ4v) is 3.91. The summed E-state index contributed by atoms with van der Waals surface area (Å²) in [6.45, 7) is 4.27. The maximum Gasteiger partial charge on any atom is 0.339 e. The maximum absolute atomic E-state index is 12.5. The zero-order valence-electron chi connectivity index (χ0n) is 18.3. The molecule has 2 amide bonds. The minimum Gasteiger partial charge on any atom is -0.465 e.